The number of aryl methyl sites for hydroxylation is 2. The highest BCUT2D eigenvalue weighted by atomic mass is 16.3. The molecule has 1 amide bonds. The fourth-order valence-electron chi connectivity index (χ4n) is 4.44. The van der Waals surface area contributed by atoms with Crippen LogP contribution in [0.1, 0.15) is 46.1 Å². The molecule has 1 fully saturated rings. The van der Waals surface area contributed by atoms with E-state index in [9.17, 15) is 4.79 Å². The predicted octanol–water partition coefficient (Wildman–Crippen LogP) is 5.63. The molecule has 1 aliphatic heterocycles. The quantitative estimate of drug-likeness (QED) is 0.428. The number of fused-ring (bicyclic) bond motifs is 1. The van der Waals surface area contributed by atoms with Crippen molar-refractivity contribution >= 4 is 17.0 Å². The number of likely N-dealkylation sites (tertiary alicyclic amines) is 1. The van der Waals surface area contributed by atoms with Crippen LogP contribution in [-0.4, -0.2) is 28.9 Å². The third-order valence-electron chi connectivity index (χ3n) is 6.22. The summed E-state index contributed by atoms with van der Waals surface area (Å²) < 4.78 is 5.97. The van der Waals surface area contributed by atoms with E-state index < -0.39 is 0 Å². The molecule has 3 aromatic carbocycles. The molecule has 0 spiro atoms. The third-order valence-corrected chi connectivity index (χ3v) is 6.22. The molecule has 4 aromatic rings. The highest BCUT2D eigenvalue weighted by molar-refractivity contribution is 5.95. The van der Waals surface area contributed by atoms with E-state index in [1.165, 1.54) is 5.56 Å². The van der Waals surface area contributed by atoms with Crippen molar-refractivity contribution in [1.82, 2.24) is 9.88 Å². The number of carbonyl (C=O) groups excluding carboxylic acids is 1. The molecule has 0 unspecified atom stereocenters. The predicted molar refractivity (Wildman–Crippen MR) is 122 cm³/mol. The van der Waals surface area contributed by atoms with Gasteiger partial charge in [-0.05, 0) is 55.0 Å². The van der Waals surface area contributed by atoms with Gasteiger partial charge in [0, 0.05) is 24.6 Å². The average Bonchev–Trinajstić information content (AvgIpc) is 3.28. The summed E-state index contributed by atoms with van der Waals surface area (Å²) in [6.07, 6.45) is 3.56. The molecule has 0 N–H and O–H groups in total. The summed E-state index contributed by atoms with van der Waals surface area (Å²) in [6, 6.07) is 26.4. The second-order valence-electron chi connectivity index (χ2n) is 8.23. The normalized spacial score (nSPS) is 14.8. The summed E-state index contributed by atoms with van der Waals surface area (Å²) >= 11 is 0. The number of aromatic nitrogens is 1. The number of carbonyl (C=O) groups is 1. The molecule has 1 aliphatic rings. The van der Waals surface area contributed by atoms with Crippen LogP contribution in [0, 0.1) is 0 Å². The van der Waals surface area contributed by atoms with Crippen LogP contribution in [-0.2, 0) is 12.8 Å². The largest absolute Gasteiger partial charge is 0.440 e. The number of nitrogens with zero attached hydrogens (tertiary/aromatic N) is 2. The first-order valence-electron chi connectivity index (χ1n) is 11.0. The maximum atomic E-state index is 13.3. The van der Waals surface area contributed by atoms with E-state index in [4.69, 9.17) is 4.42 Å². The summed E-state index contributed by atoms with van der Waals surface area (Å²) in [6.45, 7) is 1.46. The molecule has 4 heteroatoms. The fraction of sp³-hybridized carbons (Fsp3) is 0.259. The van der Waals surface area contributed by atoms with E-state index in [-0.39, 0.29) is 11.8 Å². The van der Waals surface area contributed by atoms with Gasteiger partial charge in [0.15, 0.2) is 11.5 Å². The van der Waals surface area contributed by atoms with E-state index in [0.717, 1.165) is 66.9 Å². The third kappa shape index (κ3) is 4.24. The van der Waals surface area contributed by atoms with Crippen LogP contribution in [0.5, 0.6) is 0 Å². The molecule has 0 saturated carbocycles. The second kappa shape index (κ2) is 8.76. The number of para-hydroxylation sites is 2. The van der Waals surface area contributed by atoms with Crippen LogP contribution in [0.3, 0.4) is 0 Å². The van der Waals surface area contributed by atoms with Crippen LogP contribution in [0.4, 0.5) is 0 Å². The number of piperidine rings is 1. The Labute approximate surface area is 182 Å². The molecule has 31 heavy (non-hydrogen) atoms. The topological polar surface area (TPSA) is 46.3 Å². The molecular formula is C27H26N2O2. The molecule has 5 rings (SSSR count). The van der Waals surface area contributed by atoms with Crippen LogP contribution in [0.15, 0.2) is 83.3 Å². The number of amides is 1. The summed E-state index contributed by atoms with van der Waals surface area (Å²) in [5.41, 5.74) is 4.99. The van der Waals surface area contributed by atoms with Crippen molar-refractivity contribution in [3.63, 3.8) is 0 Å². The van der Waals surface area contributed by atoms with Crippen LogP contribution in [0.25, 0.3) is 11.1 Å². The van der Waals surface area contributed by atoms with Gasteiger partial charge in [0.2, 0.25) is 0 Å². The Morgan fingerprint density at radius 2 is 1.58 bits per heavy atom. The van der Waals surface area contributed by atoms with Gasteiger partial charge in [-0.3, -0.25) is 4.79 Å². The van der Waals surface area contributed by atoms with Gasteiger partial charge < -0.3 is 9.32 Å². The van der Waals surface area contributed by atoms with Crippen molar-refractivity contribution in [1.29, 1.82) is 0 Å². The molecule has 0 aliphatic carbocycles. The molecule has 0 radical (unpaired) electrons. The molecule has 2 heterocycles. The molecule has 4 nitrogen and oxygen atoms in total. The highest BCUT2D eigenvalue weighted by Gasteiger charge is 2.28. The lowest BCUT2D eigenvalue weighted by atomic mass is 9.95. The maximum Gasteiger partial charge on any atom is 0.254 e. The zero-order chi connectivity index (χ0) is 21.0. The van der Waals surface area contributed by atoms with E-state index in [2.05, 4.69) is 35.3 Å². The summed E-state index contributed by atoms with van der Waals surface area (Å²) in [5, 5.41) is 0. The maximum absolute atomic E-state index is 13.3. The van der Waals surface area contributed by atoms with Gasteiger partial charge in [0.1, 0.15) is 5.52 Å². The van der Waals surface area contributed by atoms with E-state index in [1.807, 2.05) is 53.4 Å². The number of rotatable bonds is 5. The lowest BCUT2D eigenvalue weighted by Crippen LogP contribution is -2.38. The molecule has 156 valence electrons. The van der Waals surface area contributed by atoms with Gasteiger partial charge >= 0.3 is 0 Å². The number of oxazole rings is 1. The molecule has 1 saturated heterocycles. The smallest absolute Gasteiger partial charge is 0.254 e. The lowest BCUT2D eigenvalue weighted by molar-refractivity contribution is 0.0705. The molecule has 0 atom stereocenters. The van der Waals surface area contributed by atoms with Crippen LogP contribution >= 0.6 is 0 Å². The van der Waals surface area contributed by atoms with Crippen LogP contribution in [0.2, 0.25) is 0 Å². The van der Waals surface area contributed by atoms with Gasteiger partial charge in [-0.1, -0.05) is 60.7 Å². The zero-order valence-corrected chi connectivity index (χ0v) is 17.5. The van der Waals surface area contributed by atoms with Gasteiger partial charge in [0.25, 0.3) is 5.91 Å². The SMILES string of the molecule is O=C(c1ccccc1CCc1ccccc1)N1CCC(c2nc3ccccc3o2)CC1. The second-order valence-corrected chi connectivity index (χ2v) is 8.23. The van der Waals surface area contributed by atoms with E-state index >= 15 is 0 Å². The Bertz CT molecular complexity index is 1140. The average molecular weight is 411 g/mol. The number of benzene rings is 3. The summed E-state index contributed by atoms with van der Waals surface area (Å²) in [7, 11) is 0. The number of hydrogen-bond donors (Lipinski definition) is 0. The summed E-state index contributed by atoms with van der Waals surface area (Å²) in [4.78, 5) is 20.0. The highest BCUT2D eigenvalue weighted by Crippen LogP contribution is 2.30. The Balaban J connectivity index is 1.25. The minimum Gasteiger partial charge on any atom is -0.440 e. The van der Waals surface area contributed by atoms with Crippen molar-refractivity contribution < 1.29 is 9.21 Å². The number of hydrogen-bond acceptors (Lipinski definition) is 3. The fourth-order valence-corrected chi connectivity index (χ4v) is 4.44. The Morgan fingerprint density at radius 1 is 0.871 bits per heavy atom. The van der Waals surface area contributed by atoms with E-state index in [0.29, 0.717) is 0 Å². The Hall–Kier alpha value is -3.40. The van der Waals surface area contributed by atoms with Crippen LogP contribution < -0.4 is 0 Å². The van der Waals surface area contributed by atoms with Crippen molar-refractivity contribution in [3.05, 3.63) is 101 Å². The molecule has 0 bridgehead atoms. The van der Waals surface area contributed by atoms with Crippen molar-refractivity contribution in [2.45, 2.75) is 31.6 Å². The van der Waals surface area contributed by atoms with Gasteiger partial charge in [-0.25, -0.2) is 4.98 Å². The minimum absolute atomic E-state index is 0.139. The first kappa shape index (κ1) is 19.6. The Morgan fingerprint density at radius 3 is 2.39 bits per heavy atom. The summed E-state index contributed by atoms with van der Waals surface area (Å²) in [5.74, 6) is 1.21. The molecule has 1 aromatic heterocycles. The van der Waals surface area contributed by atoms with Crippen molar-refractivity contribution in [2.75, 3.05) is 13.1 Å². The monoisotopic (exact) mass is 410 g/mol. The van der Waals surface area contributed by atoms with Gasteiger partial charge in [-0.2, -0.15) is 0 Å². The molecular weight excluding hydrogens is 384 g/mol. The lowest BCUT2D eigenvalue weighted by Gasteiger charge is -2.31. The first-order valence-corrected chi connectivity index (χ1v) is 11.0. The standard InChI is InChI=1S/C27H26N2O2/c30-27(23-11-5-4-10-21(23)15-14-20-8-2-1-3-9-20)29-18-16-22(17-19-29)26-28-24-12-6-7-13-25(24)31-26/h1-13,22H,14-19H2. The van der Waals surface area contributed by atoms with Crippen molar-refractivity contribution in [2.24, 2.45) is 0 Å². The van der Waals surface area contributed by atoms with Gasteiger partial charge in [-0.15, -0.1) is 0 Å². The van der Waals surface area contributed by atoms with Gasteiger partial charge in [0.05, 0.1) is 0 Å². The minimum atomic E-state index is 0.139. The van der Waals surface area contributed by atoms with E-state index in [1.54, 1.807) is 0 Å². The Kier molecular flexibility index (Phi) is 5.53. The first-order chi connectivity index (χ1) is 15.3. The van der Waals surface area contributed by atoms with Crippen molar-refractivity contribution in [3.8, 4) is 0 Å². The zero-order valence-electron chi connectivity index (χ0n) is 17.5.